The molecule has 3 rings (SSSR count). The summed E-state index contributed by atoms with van der Waals surface area (Å²) < 4.78 is 6.07. The molecule has 4 heteroatoms. The predicted molar refractivity (Wildman–Crippen MR) is 86.0 cm³/mol. The topological polar surface area (TPSA) is 26.3 Å². The van der Waals surface area contributed by atoms with E-state index in [1.54, 1.807) is 6.92 Å². The van der Waals surface area contributed by atoms with E-state index in [2.05, 4.69) is 12.1 Å². The lowest BCUT2D eigenvalue weighted by Crippen LogP contribution is -2.40. The average molecular weight is 308 g/mol. The second-order valence-electron chi connectivity index (χ2n) is 5.65. The fraction of sp³-hybridized carbons (Fsp3) is 0.562. The van der Waals surface area contributed by atoms with Gasteiger partial charge in [0.05, 0.1) is 5.60 Å². The van der Waals surface area contributed by atoms with Gasteiger partial charge < -0.3 is 4.74 Å². The Kier molecular flexibility index (Phi) is 4.43. The zero-order valence-electron chi connectivity index (χ0n) is 11.8. The van der Waals surface area contributed by atoms with E-state index in [9.17, 15) is 4.79 Å². The highest BCUT2D eigenvalue weighted by Gasteiger charge is 2.40. The molecule has 2 saturated heterocycles. The Morgan fingerprint density at radius 2 is 2.20 bits per heavy atom. The molecule has 0 amide bonds. The van der Waals surface area contributed by atoms with Crippen LogP contribution in [0.5, 0.6) is 0 Å². The molecule has 2 fully saturated rings. The van der Waals surface area contributed by atoms with Crippen molar-refractivity contribution in [3.05, 3.63) is 29.8 Å². The van der Waals surface area contributed by atoms with Gasteiger partial charge in [-0.2, -0.15) is 11.8 Å². The Labute approximate surface area is 129 Å². The zero-order chi connectivity index (χ0) is 14.0. The van der Waals surface area contributed by atoms with Crippen LogP contribution in [0.2, 0.25) is 0 Å². The molecule has 2 aliphatic rings. The quantitative estimate of drug-likeness (QED) is 0.787. The summed E-state index contributed by atoms with van der Waals surface area (Å²) in [7, 11) is 0. The van der Waals surface area contributed by atoms with Gasteiger partial charge in [-0.1, -0.05) is 12.1 Å². The van der Waals surface area contributed by atoms with Crippen molar-refractivity contribution in [1.29, 1.82) is 0 Å². The van der Waals surface area contributed by atoms with Gasteiger partial charge in [-0.25, -0.2) is 0 Å². The van der Waals surface area contributed by atoms with Crippen molar-refractivity contribution in [3.63, 3.8) is 0 Å². The molecular formula is C16H20O2S2. The summed E-state index contributed by atoms with van der Waals surface area (Å²) in [6.45, 7) is 2.51. The molecule has 1 aromatic rings. The van der Waals surface area contributed by atoms with Crippen molar-refractivity contribution in [1.82, 2.24) is 0 Å². The summed E-state index contributed by atoms with van der Waals surface area (Å²) in [5, 5.41) is 0.644. The van der Waals surface area contributed by atoms with Gasteiger partial charge in [0.25, 0.3) is 0 Å². The lowest BCUT2D eigenvalue weighted by Gasteiger charge is -2.37. The molecule has 2 nitrogen and oxygen atoms in total. The third-order valence-corrected chi connectivity index (χ3v) is 6.58. The number of hydrogen-bond donors (Lipinski definition) is 0. The number of carbonyl (C=O) groups excluding carboxylic acids is 1. The normalized spacial score (nSPS) is 29.8. The highest BCUT2D eigenvalue weighted by molar-refractivity contribution is 8.00. The molecule has 0 aliphatic carbocycles. The summed E-state index contributed by atoms with van der Waals surface area (Å²) in [6.07, 6.45) is 3.50. The number of rotatable bonds is 3. The maximum atomic E-state index is 11.3. The maximum absolute atomic E-state index is 11.3. The number of thioether (sulfide) groups is 2. The smallest absolute Gasteiger partial charge is 0.159 e. The highest BCUT2D eigenvalue weighted by atomic mass is 32.2. The largest absolute Gasteiger partial charge is 0.374 e. The van der Waals surface area contributed by atoms with Crippen molar-refractivity contribution in [2.45, 2.75) is 41.9 Å². The number of ether oxygens (including phenoxy) is 1. The monoisotopic (exact) mass is 308 g/mol. The fourth-order valence-corrected chi connectivity index (χ4v) is 5.56. The second-order valence-corrected chi connectivity index (χ2v) is 8.13. The minimum atomic E-state index is 0.134. The maximum Gasteiger partial charge on any atom is 0.159 e. The Balaban J connectivity index is 1.63. The molecule has 1 aromatic carbocycles. The number of hydrogen-bond acceptors (Lipinski definition) is 4. The molecule has 0 aromatic heterocycles. The fourth-order valence-electron chi connectivity index (χ4n) is 2.91. The summed E-state index contributed by atoms with van der Waals surface area (Å²) in [4.78, 5) is 12.6. The van der Waals surface area contributed by atoms with Crippen LogP contribution in [-0.2, 0) is 4.74 Å². The summed E-state index contributed by atoms with van der Waals surface area (Å²) in [5.41, 5.74) is 0.949. The van der Waals surface area contributed by atoms with Crippen LogP contribution in [0.15, 0.2) is 29.2 Å². The standard InChI is InChI=1S/C16H20O2S2/c1-12(17)13-2-4-14(5-3-13)20-15-6-8-18-16(10-15)7-9-19-11-16/h2-5,15H,6-11H2,1H3. The minimum absolute atomic E-state index is 0.134. The first-order valence-corrected chi connectivity index (χ1v) is 9.20. The number of carbonyl (C=O) groups is 1. The molecule has 0 saturated carbocycles. The lowest BCUT2D eigenvalue weighted by molar-refractivity contribution is -0.0562. The van der Waals surface area contributed by atoms with Crippen molar-refractivity contribution < 1.29 is 9.53 Å². The number of benzene rings is 1. The lowest BCUT2D eigenvalue weighted by atomic mass is 9.93. The van der Waals surface area contributed by atoms with Crippen LogP contribution >= 0.6 is 23.5 Å². The average Bonchev–Trinajstić information content (AvgIpc) is 2.87. The first-order chi connectivity index (χ1) is 9.67. The van der Waals surface area contributed by atoms with E-state index in [-0.39, 0.29) is 11.4 Å². The summed E-state index contributed by atoms with van der Waals surface area (Å²) in [5.74, 6) is 2.53. The van der Waals surface area contributed by atoms with Crippen molar-refractivity contribution in [3.8, 4) is 0 Å². The van der Waals surface area contributed by atoms with E-state index in [1.807, 2.05) is 35.7 Å². The molecule has 2 atom stereocenters. The Hall–Kier alpha value is -0.450. The molecule has 20 heavy (non-hydrogen) atoms. The third kappa shape index (κ3) is 3.23. The van der Waals surface area contributed by atoms with Crippen LogP contribution in [0.1, 0.15) is 36.5 Å². The van der Waals surface area contributed by atoms with Gasteiger partial charge in [-0.15, -0.1) is 11.8 Å². The first kappa shape index (κ1) is 14.5. The van der Waals surface area contributed by atoms with E-state index in [0.717, 1.165) is 24.3 Å². The van der Waals surface area contributed by atoms with Crippen molar-refractivity contribution in [2.24, 2.45) is 0 Å². The van der Waals surface area contributed by atoms with Gasteiger partial charge in [0.2, 0.25) is 0 Å². The number of Topliss-reactive ketones (excluding diaryl/α,β-unsaturated/α-hetero) is 1. The van der Waals surface area contributed by atoms with Gasteiger partial charge in [0, 0.05) is 28.1 Å². The van der Waals surface area contributed by atoms with E-state index in [0.29, 0.717) is 5.25 Å². The molecule has 0 bridgehead atoms. The van der Waals surface area contributed by atoms with Crippen LogP contribution in [0.4, 0.5) is 0 Å². The number of ketones is 1. The van der Waals surface area contributed by atoms with Gasteiger partial charge in [0.15, 0.2) is 5.78 Å². The van der Waals surface area contributed by atoms with E-state index in [4.69, 9.17) is 4.74 Å². The summed E-state index contributed by atoms with van der Waals surface area (Å²) in [6, 6.07) is 8.02. The molecule has 108 valence electrons. The molecule has 0 N–H and O–H groups in total. The van der Waals surface area contributed by atoms with Crippen LogP contribution in [0.3, 0.4) is 0 Å². The first-order valence-electron chi connectivity index (χ1n) is 7.16. The molecule has 0 radical (unpaired) electrons. The Morgan fingerprint density at radius 1 is 1.40 bits per heavy atom. The predicted octanol–water partition coefficient (Wildman–Crippen LogP) is 4.04. The van der Waals surface area contributed by atoms with Gasteiger partial charge in [-0.3, -0.25) is 4.79 Å². The summed E-state index contributed by atoms with van der Waals surface area (Å²) >= 11 is 3.97. The van der Waals surface area contributed by atoms with E-state index < -0.39 is 0 Å². The van der Waals surface area contributed by atoms with Crippen LogP contribution in [0.25, 0.3) is 0 Å². The second kappa shape index (κ2) is 6.12. The SMILES string of the molecule is CC(=O)c1ccc(SC2CCOC3(CCSC3)C2)cc1. The van der Waals surface area contributed by atoms with Gasteiger partial charge in [-0.05, 0) is 44.1 Å². The molecule has 1 spiro atoms. The van der Waals surface area contributed by atoms with Crippen LogP contribution in [0, 0.1) is 0 Å². The van der Waals surface area contributed by atoms with E-state index in [1.165, 1.54) is 23.5 Å². The van der Waals surface area contributed by atoms with Crippen LogP contribution in [-0.4, -0.2) is 34.7 Å². The molecule has 2 unspecified atom stereocenters. The molecule has 2 heterocycles. The van der Waals surface area contributed by atoms with Gasteiger partial charge >= 0.3 is 0 Å². The molecule has 2 aliphatic heterocycles. The third-order valence-electron chi connectivity index (χ3n) is 4.08. The van der Waals surface area contributed by atoms with Crippen molar-refractivity contribution in [2.75, 3.05) is 18.1 Å². The molecular weight excluding hydrogens is 288 g/mol. The van der Waals surface area contributed by atoms with Gasteiger partial charge in [0.1, 0.15) is 0 Å². The van der Waals surface area contributed by atoms with E-state index >= 15 is 0 Å². The zero-order valence-corrected chi connectivity index (χ0v) is 13.4. The van der Waals surface area contributed by atoms with Crippen molar-refractivity contribution >= 4 is 29.3 Å². The van der Waals surface area contributed by atoms with Crippen LogP contribution < -0.4 is 0 Å². The highest BCUT2D eigenvalue weighted by Crippen LogP contribution is 2.43. The minimum Gasteiger partial charge on any atom is -0.374 e. The Morgan fingerprint density at radius 3 is 2.85 bits per heavy atom. The Bertz CT molecular complexity index is 478.